The van der Waals surface area contributed by atoms with E-state index in [9.17, 15) is 22.8 Å². The van der Waals surface area contributed by atoms with E-state index in [1.165, 1.54) is 23.2 Å². The van der Waals surface area contributed by atoms with Crippen LogP contribution in [0.25, 0.3) is 11.0 Å². The van der Waals surface area contributed by atoms with Gasteiger partial charge in [0.05, 0.1) is 22.3 Å². The number of aromatic nitrogens is 4. The highest BCUT2D eigenvalue weighted by Gasteiger charge is 2.38. The summed E-state index contributed by atoms with van der Waals surface area (Å²) in [7, 11) is 0. The first-order chi connectivity index (χ1) is 15.1. The largest absolute Gasteiger partial charge is 0.449 e. The number of likely N-dealkylation sites (tertiary alicyclic amines) is 1. The van der Waals surface area contributed by atoms with Crippen LogP contribution in [-0.2, 0) is 17.5 Å². The number of amides is 2. The number of nitrogens with zero attached hydrogens (tertiary/aromatic N) is 5. The zero-order valence-corrected chi connectivity index (χ0v) is 17.3. The van der Waals surface area contributed by atoms with Crippen molar-refractivity contribution >= 4 is 22.8 Å². The topological polar surface area (TPSA) is 107 Å². The molecule has 2 amide bonds. The first-order valence-electron chi connectivity index (χ1n) is 10.1. The van der Waals surface area contributed by atoms with Crippen molar-refractivity contribution in [1.82, 2.24) is 24.4 Å². The summed E-state index contributed by atoms with van der Waals surface area (Å²) < 4.78 is 41.5. The van der Waals surface area contributed by atoms with Crippen LogP contribution in [0.3, 0.4) is 0 Å². The second-order valence-corrected chi connectivity index (χ2v) is 7.78. The number of fused-ring (bicyclic) bond motifs is 1. The van der Waals surface area contributed by atoms with Crippen LogP contribution in [0.2, 0.25) is 0 Å². The molecule has 1 aliphatic heterocycles. The molecule has 0 aliphatic carbocycles. The maximum atomic E-state index is 13.5. The van der Waals surface area contributed by atoms with Crippen molar-refractivity contribution in [3.05, 3.63) is 53.4 Å². The van der Waals surface area contributed by atoms with E-state index in [1.807, 2.05) is 0 Å². The van der Waals surface area contributed by atoms with Crippen LogP contribution in [0.15, 0.2) is 30.5 Å². The molecule has 8 nitrogen and oxygen atoms in total. The molecule has 1 aromatic carbocycles. The van der Waals surface area contributed by atoms with E-state index in [1.54, 1.807) is 19.1 Å². The Morgan fingerprint density at radius 2 is 1.97 bits per heavy atom. The summed E-state index contributed by atoms with van der Waals surface area (Å²) in [6.45, 7) is 1.90. The molecule has 2 aromatic heterocycles. The third-order valence-electron chi connectivity index (χ3n) is 5.60. The lowest BCUT2D eigenvalue weighted by molar-refractivity contribution is -0.148. The highest BCUT2D eigenvalue weighted by atomic mass is 19.4. The van der Waals surface area contributed by atoms with Crippen LogP contribution in [0, 0.1) is 6.92 Å². The van der Waals surface area contributed by atoms with E-state index >= 15 is 0 Å². The molecule has 3 aromatic rings. The predicted octanol–water partition coefficient (Wildman–Crippen LogP) is 2.66. The number of aryl methyl sites for hydroxylation is 1. The molecular formula is C21H21F3N6O2. The third-order valence-corrected chi connectivity index (χ3v) is 5.60. The molecule has 0 saturated carbocycles. The Morgan fingerprint density at radius 3 is 2.66 bits per heavy atom. The highest BCUT2D eigenvalue weighted by Crippen LogP contribution is 2.32. The Kier molecular flexibility index (Phi) is 5.57. The van der Waals surface area contributed by atoms with Gasteiger partial charge in [0.1, 0.15) is 12.4 Å². The van der Waals surface area contributed by atoms with Crippen molar-refractivity contribution in [2.45, 2.75) is 38.4 Å². The Balaban J connectivity index is 1.56. The zero-order valence-electron chi connectivity index (χ0n) is 17.3. The number of hydrogen-bond donors (Lipinski definition) is 1. The first-order valence-corrected chi connectivity index (χ1v) is 10.1. The number of primary amides is 1. The van der Waals surface area contributed by atoms with Crippen molar-refractivity contribution in [2.75, 3.05) is 13.1 Å². The SMILES string of the molecule is Cc1nc([C@@H]2CCCN(C(=O)Cn3c(C(F)(F)F)nc4ccccc43)C2)ncc1C(N)=O. The predicted molar refractivity (Wildman–Crippen MR) is 109 cm³/mol. The summed E-state index contributed by atoms with van der Waals surface area (Å²) in [5.41, 5.74) is 6.40. The Morgan fingerprint density at radius 1 is 1.22 bits per heavy atom. The molecule has 3 heterocycles. The van der Waals surface area contributed by atoms with E-state index < -0.39 is 30.4 Å². The van der Waals surface area contributed by atoms with Crippen molar-refractivity contribution in [3.8, 4) is 0 Å². The molecule has 1 fully saturated rings. The van der Waals surface area contributed by atoms with E-state index in [4.69, 9.17) is 5.73 Å². The maximum absolute atomic E-state index is 13.5. The molecule has 32 heavy (non-hydrogen) atoms. The molecule has 0 unspecified atom stereocenters. The number of nitrogens with two attached hydrogens (primary N) is 1. The Hall–Kier alpha value is -3.50. The Labute approximate surface area is 181 Å². The van der Waals surface area contributed by atoms with E-state index in [0.717, 1.165) is 11.0 Å². The van der Waals surface area contributed by atoms with Crippen LogP contribution in [0.1, 0.15) is 46.5 Å². The molecule has 1 saturated heterocycles. The fraction of sp³-hybridized carbons (Fsp3) is 0.381. The van der Waals surface area contributed by atoms with Gasteiger partial charge in [-0.1, -0.05) is 12.1 Å². The molecule has 1 atom stereocenters. The summed E-state index contributed by atoms with van der Waals surface area (Å²) in [6.07, 6.45) is -1.93. The average Bonchev–Trinajstić information content (AvgIpc) is 3.12. The third kappa shape index (κ3) is 4.14. The van der Waals surface area contributed by atoms with Crippen molar-refractivity contribution in [3.63, 3.8) is 0 Å². The van der Waals surface area contributed by atoms with Gasteiger partial charge in [-0.25, -0.2) is 15.0 Å². The summed E-state index contributed by atoms with van der Waals surface area (Å²) in [5, 5.41) is 0. The van der Waals surface area contributed by atoms with Crippen LogP contribution in [-0.4, -0.2) is 49.3 Å². The minimum atomic E-state index is -4.68. The number of benzene rings is 1. The van der Waals surface area contributed by atoms with Crippen molar-refractivity contribution in [2.24, 2.45) is 5.73 Å². The fourth-order valence-corrected chi connectivity index (χ4v) is 4.03. The van der Waals surface area contributed by atoms with Crippen LogP contribution >= 0.6 is 0 Å². The average molecular weight is 446 g/mol. The van der Waals surface area contributed by atoms with Gasteiger partial charge in [-0.3, -0.25) is 9.59 Å². The van der Waals surface area contributed by atoms with Crippen molar-refractivity contribution in [1.29, 1.82) is 0 Å². The fourth-order valence-electron chi connectivity index (χ4n) is 4.03. The van der Waals surface area contributed by atoms with Crippen LogP contribution in [0.4, 0.5) is 13.2 Å². The normalized spacial score (nSPS) is 17.0. The lowest BCUT2D eigenvalue weighted by atomic mass is 9.96. The number of para-hydroxylation sites is 2. The van der Waals surface area contributed by atoms with Gasteiger partial charge in [0.2, 0.25) is 11.7 Å². The van der Waals surface area contributed by atoms with Gasteiger partial charge in [0.25, 0.3) is 5.91 Å². The molecule has 4 rings (SSSR count). The van der Waals surface area contributed by atoms with Gasteiger partial charge >= 0.3 is 6.18 Å². The molecule has 0 radical (unpaired) electrons. The summed E-state index contributed by atoms with van der Waals surface area (Å²) in [6, 6.07) is 6.21. The molecule has 2 N–H and O–H groups in total. The second-order valence-electron chi connectivity index (χ2n) is 7.78. The molecule has 0 spiro atoms. The summed E-state index contributed by atoms with van der Waals surface area (Å²) in [5.74, 6) is -1.86. The number of carbonyl (C=O) groups excluding carboxylic acids is 2. The smallest absolute Gasteiger partial charge is 0.365 e. The Bertz CT molecular complexity index is 1190. The van der Waals surface area contributed by atoms with E-state index in [-0.39, 0.29) is 29.1 Å². The molecular weight excluding hydrogens is 425 g/mol. The number of hydrogen-bond acceptors (Lipinski definition) is 5. The minimum Gasteiger partial charge on any atom is -0.365 e. The van der Waals surface area contributed by atoms with Gasteiger partial charge < -0.3 is 15.2 Å². The summed E-state index contributed by atoms with van der Waals surface area (Å²) >= 11 is 0. The van der Waals surface area contributed by atoms with Gasteiger partial charge in [-0.05, 0) is 31.9 Å². The number of rotatable bonds is 4. The number of halogens is 3. The van der Waals surface area contributed by atoms with Gasteiger partial charge in [0.15, 0.2) is 0 Å². The number of imidazole rings is 1. The lowest BCUT2D eigenvalue weighted by Gasteiger charge is -2.32. The lowest BCUT2D eigenvalue weighted by Crippen LogP contribution is -2.41. The second kappa shape index (κ2) is 8.21. The van der Waals surface area contributed by atoms with Gasteiger partial charge in [-0.15, -0.1) is 0 Å². The van der Waals surface area contributed by atoms with E-state index in [0.29, 0.717) is 24.5 Å². The highest BCUT2D eigenvalue weighted by molar-refractivity contribution is 5.93. The minimum absolute atomic E-state index is 0.183. The zero-order chi connectivity index (χ0) is 23.0. The monoisotopic (exact) mass is 446 g/mol. The first kappa shape index (κ1) is 21.7. The maximum Gasteiger partial charge on any atom is 0.449 e. The summed E-state index contributed by atoms with van der Waals surface area (Å²) in [4.78, 5) is 38.2. The number of alkyl halides is 3. The number of carbonyl (C=O) groups is 2. The molecule has 1 aliphatic rings. The van der Waals surface area contributed by atoms with Crippen LogP contribution in [0.5, 0.6) is 0 Å². The molecule has 0 bridgehead atoms. The molecule has 168 valence electrons. The van der Waals surface area contributed by atoms with Crippen LogP contribution < -0.4 is 5.73 Å². The van der Waals surface area contributed by atoms with Gasteiger partial charge in [0, 0.05) is 25.2 Å². The standard InChI is InChI=1S/C21H21F3N6O2/c1-12-14(18(25)32)9-26-19(27-12)13-5-4-8-29(10-13)17(31)11-30-16-7-3-2-6-15(16)28-20(30)21(22,23)24/h2-3,6-7,9,13H,4-5,8,10-11H2,1H3,(H2,25,32)/t13-/m1/s1. The van der Waals surface area contributed by atoms with Crippen molar-refractivity contribution < 1.29 is 22.8 Å². The van der Waals surface area contributed by atoms with E-state index in [2.05, 4.69) is 15.0 Å². The van der Waals surface area contributed by atoms with Gasteiger partial charge in [-0.2, -0.15) is 13.2 Å². The number of piperidine rings is 1. The molecule has 11 heteroatoms. The quantitative estimate of drug-likeness (QED) is 0.663.